The van der Waals surface area contributed by atoms with Gasteiger partial charge >= 0.3 is 17.6 Å². The molecule has 0 saturated carbocycles. The largest absolute Gasteiger partial charge is 0.480 e. The molecule has 3 aromatic carbocycles. The molecular weight excluding hydrogens is 714 g/mol. The summed E-state index contributed by atoms with van der Waals surface area (Å²) < 4.78 is 82.9. The first-order chi connectivity index (χ1) is 24.6. The zero-order chi connectivity index (χ0) is 37.3. The predicted octanol–water partition coefficient (Wildman–Crippen LogP) is 7.93. The highest BCUT2D eigenvalue weighted by molar-refractivity contribution is 6.34. The van der Waals surface area contributed by atoms with Gasteiger partial charge in [-0.2, -0.15) is 5.10 Å². The van der Waals surface area contributed by atoms with E-state index in [2.05, 4.69) is 5.10 Å². The zero-order valence-corrected chi connectivity index (χ0v) is 28.6. The number of alkyl halides is 2. The van der Waals surface area contributed by atoms with Crippen molar-refractivity contribution in [3.63, 3.8) is 0 Å². The molecule has 272 valence electrons. The molecule has 0 unspecified atom stereocenters. The molecule has 1 saturated heterocycles. The number of hydrogen-bond donors (Lipinski definition) is 1. The lowest BCUT2D eigenvalue weighted by atomic mass is 9.79. The summed E-state index contributed by atoms with van der Waals surface area (Å²) in [7, 11) is 0. The molecule has 1 aromatic heterocycles. The molecule has 1 fully saturated rings. The molecule has 0 bridgehead atoms. The Morgan fingerprint density at radius 2 is 1.81 bits per heavy atom. The van der Waals surface area contributed by atoms with E-state index in [0.717, 1.165) is 18.3 Å². The van der Waals surface area contributed by atoms with Crippen molar-refractivity contribution in [2.75, 3.05) is 6.54 Å². The van der Waals surface area contributed by atoms with E-state index in [1.807, 2.05) is 0 Å². The normalized spacial score (nSPS) is 18.9. The number of nitrogens with zero attached hydrogens (tertiary/aromatic N) is 3. The van der Waals surface area contributed by atoms with Crippen molar-refractivity contribution in [2.24, 2.45) is 0 Å². The number of carboxylic acid groups (broad SMARTS) is 1. The Bertz CT molecular complexity index is 2190. The number of amides is 1. The number of carbonyl (C=O) groups is 2. The van der Waals surface area contributed by atoms with Gasteiger partial charge in [-0.1, -0.05) is 41.9 Å². The zero-order valence-electron chi connectivity index (χ0n) is 27.8. The van der Waals surface area contributed by atoms with Crippen molar-refractivity contribution in [2.45, 2.75) is 70.2 Å². The minimum atomic E-state index is -2.95. The Labute approximate surface area is 298 Å². The first-order valence-electron chi connectivity index (χ1n) is 16.2. The van der Waals surface area contributed by atoms with Gasteiger partial charge in [-0.25, -0.2) is 31.8 Å². The lowest BCUT2D eigenvalue weighted by Crippen LogP contribution is -2.53. The van der Waals surface area contributed by atoms with Gasteiger partial charge < -0.3 is 29.0 Å². The standard InChI is InChI=1S/C36H30ClF4N3O8/c1-35(2,3)52-34(48)43-11-7-10-24(43)36(17-8-5-4-6-9-17)14-19-21(51-36)13-20(38)28(37)26(19)27-18(33(46)47)12-22-30(29(27)41)50-31-23(49-22)15-42-44(32(31)45)16-25(39)40/h4-6,8-9,12-13,15,24-25H,7,10-11,14,16H2,1-3H3,(H,46,47)/t24-,36-/m0/s1. The van der Waals surface area contributed by atoms with Gasteiger partial charge in [-0.3, -0.25) is 4.79 Å². The van der Waals surface area contributed by atoms with Crippen LogP contribution < -0.4 is 19.8 Å². The van der Waals surface area contributed by atoms with Crippen molar-refractivity contribution >= 4 is 23.7 Å². The maximum absolute atomic E-state index is 16.9. The molecular formula is C36H30ClF4N3O8. The third-order valence-electron chi connectivity index (χ3n) is 9.07. The number of aromatic nitrogens is 2. The molecule has 2 atom stereocenters. The summed E-state index contributed by atoms with van der Waals surface area (Å²) in [6.45, 7) is 4.44. The number of likely N-dealkylation sites (tertiary alicyclic amines) is 1. The number of carboxylic acids is 1. The fourth-order valence-electron chi connectivity index (χ4n) is 7.01. The number of hydrogen-bond acceptors (Lipinski definition) is 8. The minimum Gasteiger partial charge on any atom is -0.480 e. The average molecular weight is 744 g/mol. The van der Waals surface area contributed by atoms with Crippen molar-refractivity contribution in [3.05, 3.63) is 92.4 Å². The maximum atomic E-state index is 16.9. The van der Waals surface area contributed by atoms with Crippen LogP contribution in [0.15, 0.2) is 53.5 Å². The minimum absolute atomic E-state index is 0.0753. The molecule has 52 heavy (non-hydrogen) atoms. The van der Waals surface area contributed by atoms with Crippen LogP contribution in [0.5, 0.6) is 28.7 Å². The van der Waals surface area contributed by atoms with Gasteiger partial charge in [0.2, 0.25) is 11.5 Å². The molecule has 7 rings (SSSR count). The summed E-state index contributed by atoms with van der Waals surface area (Å²) in [5.41, 5.74) is -4.41. The molecule has 1 N–H and O–H groups in total. The van der Waals surface area contributed by atoms with Gasteiger partial charge in [-0.15, -0.1) is 0 Å². The monoisotopic (exact) mass is 743 g/mol. The summed E-state index contributed by atoms with van der Waals surface area (Å²) in [6, 6.07) is 10.1. The third-order valence-corrected chi connectivity index (χ3v) is 9.44. The highest BCUT2D eigenvalue weighted by Gasteiger charge is 2.54. The second-order valence-electron chi connectivity index (χ2n) is 13.6. The molecule has 1 amide bonds. The quantitative estimate of drug-likeness (QED) is 0.172. The van der Waals surface area contributed by atoms with E-state index in [1.165, 1.54) is 0 Å². The molecule has 0 radical (unpaired) electrons. The fraction of sp³-hybridized carbons (Fsp3) is 0.333. The lowest BCUT2D eigenvalue weighted by molar-refractivity contribution is -0.0216. The summed E-state index contributed by atoms with van der Waals surface area (Å²) in [5.74, 6) is -6.47. The van der Waals surface area contributed by atoms with Crippen LogP contribution >= 0.6 is 11.6 Å². The number of halogens is 5. The van der Waals surface area contributed by atoms with Gasteiger partial charge in [0.05, 0.1) is 22.8 Å². The van der Waals surface area contributed by atoms with Crippen molar-refractivity contribution in [1.82, 2.24) is 14.7 Å². The summed E-state index contributed by atoms with van der Waals surface area (Å²) in [4.78, 5) is 40.8. The molecule has 4 aromatic rings. The van der Waals surface area contributed by atoms with E-state index in [4.69, 9.17) is 30.5 Å². The Kier molecular flexibility index (Phi) is 8.59. The molecule has 0 spiro atoms. The first kappa shape index (κ1) is 35.1. The molecule has 11 nitrogen and oxygen atoms in total. The second-order valence-corrected chi connectivity index (χ2v) is 13.9. The van der Waals surface area contributed by atoms with Gasteiger partial charge in [0.25, 0.3) is 6.43 Å². The van der Waals surface area contributed by atoms with Crippen LogP contribution in [0.3, 0.4) is 0 Å². The summed E-state index contributed by atoms with van der Waals surface area (Å²) in [5, 5.41) is 13.3. The fourth-order valence-corrected chi connectivity index (χ4v) is 7.27. The Morgan fingerprint density at radius 3 is 2.48 bits per heavy atom. The number of carbonyl (C=O) groups excluding carboxylic acids is 1. The first-order valence-corrected chi connectivity index (χ1v) is 16.6. The van der Waals surface area contributed by atoms with Crippen LogP contribution in [0.1, 0.15) is 55.1 Å². The van der Waals surface area contributed by atoms with E-state index < -0.39 is 92.9 Å². The number of benzene rings is 3. The highest BCUT2D eigenvalue weighted by Crippen LogP contribution is 2.55. The predicted molar refractivity (Wildman–Crippen MR) is 177 cm³/mol. The SMILES string of the molecule is CC(C)(C)OC(=O)N1CCC[C@H]1[C@@]1(c2ccccc2)Cc2c(cc(F)c(Cl)c2-c2c(C(=O)O)cc3c(c2F)Oc2c(cnn(CC(F)F)c2=O)O3)O1. The maximum Gasteiger partial charge on any atom is 0.410 e. The smallest absolute Gasteiger partial charge is 0.410 e. The average Bonchev–Trinajstić information content (AvgIpc) is 3.73. The van der Waals surface area contributed by atoms with Crippen molar-refractivity contribution in [1.29, 1.82) is 0 Å². The molecule has 0 aliphatic carbocycles. The van der Waals surface area contributed by atoms with E-state index in [1.54, 1.807) is 56.0 Å². The topological polar surface area (TPSA) is 129 Å². The summed E-state index contributed by atoms with van der Waals surface area (Å²) in [6.07, 6.45) is -1.74. The molecule has 16 heteroatoms. The van der Waals surface area contributed by atoms with Gasteiger partial charge in [0.1, 0.15) is 23.7 Å². The van der Waals surface area contributed by atoms with Gasteiger partial charge in [0, 0.05) is 41.8 Å². The molecule has 3 aliphatic rings. The third kappa shape index (κ3) is 5.86. The van der Waals surface area contributed by atoms with Gasteiger partial charge in [0.15, 0.2) is 22.9 Å². The lowest BCUT2D eigenvalue weighted by Gasteiger charge is -2.40. The number of fused-ring (bicyclic) bond motifs is 3. The Balaban J connectivity index is 1.40. The van der Waals surface area contributed by atoms with Crippen LogP contribution in [0, 0.1) is 11.6 Å². The van der Waals surface area contributed by atoms with E-state index >= 15 is 8.78 Å². The van der Waals surface area contributed by atoms with Crippen LogP contribution in [0.4, 0.5) is 22.4 Å². The van der Waals surface area contributed by atoms with Crippen molar-refractivity contribution < 1.29 is 51.2 Å². The second kappa shape index (κ2) is 12.7. The van der Waals surface area contributed by atoms with E-state index in [-0.39, 0.29) is 29.0 Å². The van der Waals surface area contributed by atoms with Gasteiger partial charge in [-0.05, 0) is 39.2 Å². The number of rotatable bonds is 6. The Morgan fingerprint density at radius 1 is 1.08 bits per heavy atom. The number of ether oxygens (including phenoxy) is 4. The summed E-state index contributed by atoms with van der Waals surface area (Å²) >= 11 is 6.59. The van der Waals surface area contributed by atoms with E-state index in [0.29, 0.717) is 29.6 Å². The van der Waals surface area contributed by atoms with Crippen LogP contribution in [-0.2, 0) is 23.3 Å². The van der Waals surface area contributed by atoms with Crippen molar-refractivity contribution in [3.8, 4) is 39.9 Å². The van der Waals surface area contributed by atoms with Crippen LogP contribution in [-0.4, -0.2) is 56.5 Å². The van der Waals surface area contributed by atoms with Crippen LogP contribution in [0.25, 0.3) is 11.1 Å². The van der Waals surface area contributed by atoms with E-state index in [9.17, 15) is 28.3 Å². The Hall–Kier alpha value is -5.31. The molecule has 4 heterocycles. The highest BCUT2D eigenvalue weighted by atomic mass is 35.5. The number of aromatic carboxylic acids is 1. The van der Waals surface area contributed by atoms with Crippen LogP contribution in [0.2, 0.25) is 5.02 Å². The molecule has 3 aliphatic heterocycles.